The lowest BCUT2D eigenvalue weighted by molar-refractivity contribution is 0.977. The minimum atomic E-state index is 0.660. The van der Waals surface area contributed by atoms with Crippen LogP contribution < -0.4 is 5.73 Å². The number of pyridine rings is 1. The number of hydrogen-bond acceptors (Lipinski definition) is 2. The highest BCUT2D eigenvalue weighted by Gasteiger charge is 2.07. The third kappa shape index (κ3) is 1.29. The fourth-order valence-electron chi connectivity index (χ4n) is 2.19. The van der Waals surface area contributed by atoms with Gasteiger partial charge in [-0.15, -0.1) is 0 Å². The van der Waals surface area contributed by atoms with Crippen LogP contribution in [-0.4, -0.2) is 16.5 Å². The Morgan fingerprint density at radius 2 is 2.19 bits per heavy atom. The Bertz CT molecular complexity index is 640. The Hall–Kier alpha value is -1.87. The van der Waals surface area contributed by atoms with Gasteiger partial charge in [0.05, 0.1) is 5.52 Å². The van der Waals surface area contributed by atoms with Crippen LogP contribution in [0.15, 0.2) is 36.7 Å². The summed E-state index contributed by atoms with van der Waals surface area (Å²) in [5.74, 6) is 0. The quantitative estimate of drug-likeness (QED) is 0.682. The van der Waals surface area contributed by atoms with Crippen LogP contribution in [-0.2, 0) is 6.42 Å². The Morgan fingerprint density at radius 3 is 3.06 bits per heavy atom. The van der Waals surface area contributed by atoms with Crippen LogP contribution in [0.2, 0.25) is 0 Å². The van der Waals surface area contributed by atoms with Gasteiger partial charge >= 0.3 is 0 Å². The summed E-state index contributed by atoms with van der Waals surface area (Å²) in [6, 6.07) is 8.25. The zero-order chi connectivity index (χ0) is 11.0. The number of nitrogens with zero attached hydrogens (tertiary/aromatic N) is 1. The molecule has 3 heteroatoms. The average Bonchev–Trinajstić information content (AvgIpc) is 2.73. The molecule has 2 heterocycles. The minimum absolute atomic E-state index is 0.660. The molecule has 80 valence electrons. The van der Waals surface area contributed by atoms with Crippen LogP contribution in [0.25, 0.3) is 21.8 Å². The van der Waals surface area contributed by atoms with E-state index in [4.69, 9.17) is 5.73 Å². The predicted molar refractivity (Wildman–Crippen MR) is 66.4 cm³/mol. The van der Waals surface area contributed by atoms with Gasteiger partial charge in [-0.25, -0.2) is 0 Å². The molecule has 0 aliphatic carbocycles. The zero-order valence-electron chi connectivity index (χ0n) is 8.90. The van der Waals surface area contributed by atoms with E-state index in [9.17, 15) is 0 Å². The molecule has 16 heavy (non-hydrogen) atoms. The van der Waals surface area contributed by atoms with Crippen molar-refractivity contribution < 1.29 is 0 Å². The highest BCUT2D eigenvalue weighted by molar-refractivity contribution is 6.06. The standard InChI is InChI=1S/C13H13N3/c14-6-5-9-8-16-12-4-3-11-10(13(9)12)2-1-7-15-11/h1-4,7-8,15H,5-6,14H2. The van der Waals surface area contributed by atoms with Crippen molar-refractivity contribution in [2.24, 2.45) is 5.73 Å². The van der Waals surface area contributed by atoms with Crippen LogP contribution in [0.3, 0.4) is 0 Å². The Balaban J connectivity index is 2.42. The van der Waals surface area contributed by atoms with E-state index in [1.807, 2.05) is 24.5 Å². The summed E-state index contributed by atoms with van der Waals surface area (Å²) in [5, 5.41) is 2.46. The molecule has 3 aromatic rings. The van der Waals surface area contributed by atoms with Crippen LogP contribution in [0.1, 0.15) is 5.56 Å². The minimum Gasteiger partial charge on any atom is -0.361 e. The summed E-state index contributed by atoms with van der Waals surface area (Å²) in [6.07, 6.45) is 4.75. The van der Waals surface area contributed by atoms with Crippen molar-refractivity contribution in [2.75, 3.05) is 6.54 Å². The first-order valence-corrected chi connectivity index (χ1v) is 5.44. The van der Waals surface area contributed by atoms with E-state index in [1.54, 1.807) is 0 Å². The lowest BCUT2D eigenvalue weighted by atomic mass is 10.1. The molecule has 0 aliphatic heterocycles. The first kappa shape index (κ1) is 9.36. The molecule has 0 aliphatic rings. The molecule has 1 aromatic carbocycles. The summed E-state index contributed by atoms with van der Waals surface area (Å²) in [5.41, 5.74) is 9.05. The molecule has 3 rings (SSSR count). The second-order valence-corrected chi connectivity index (χ2v) is 3.91. The molecular weight excluding hydrogens is 198 g/mol. The number of benzene rings is 1. The molecular formula is C13H13N3. The van der Waals surface area contributed by atoms with Crippen molar-refractivity contribution in [2.45, 2.75) is 6.42 Å². The Kier molecular flexibility index (Phi) is 2.11. The number of aromatic amines is 1. The second-order valence-electron chi connectivity index (χ2n) is 3.91. The van der Waals surface area contributed by atoms with E-state index in [1.165, 1.54) is 16.3 Å². The van der Waals surface area contributed by atoms with Gasteiger partial charge < -0.3 is 10.7 Å². The Morgan fingerprint density at radius 1 is 1.25 bits per heavy atom. The molecule has 3 nitrogen and oxygen atoms in total. The third-order valence-corrected chi connectivity index (χ3v) is 2.92. The molecule has 0 spiro atoms. The van der Waals surface area contributed by atoms with Crippen LogP contribution in [0.4, 0.5) is 0 Å². The van der Waals surface area contributed by atoms with Crippen molar-refractivity contribution >= 4 is 21.8 Å². The molecule has 0 radical (unpaired) electrons. The monoisotopic (exact) mass is 211 g/mol. The van der Waals surface area contributed by atoms with Crippen LogP contribution in [0, 0.1) is 0 Å². The van der Waals surface area contributed by atoms with Crippen LogP contribution in [0.5, 0.6) is 0 Å². The van der Waals surface area contributed by atoms with Crippen molar-refractivity contribution in [1.29, 1.82) is 0 Å². The molecule has 0 saturated heterocycles. The number of aromatic nitrogens is 2. The number of nitrogens with one attached hydrogen (secondary N) is 1. The van der Waals surface area contributed by atoms with Crippen LogP contribution >= 0.6 is 0 Å². The summed E-state index contributed by atoms with van der Waals surface area (Å²) in [6.45, 7) is 0.660. The number of nitrogens with two attached hydrogens (primary N) is 1. The van der Waals surface area contributed by atoms with Gasteiger partial charge in [0.1, 0.15) is 0 Å². The van der Waals surface area contributed by atoms with Gasteiger partial charge in [-0.05, 0) is 36.7 Å². The summed E-state index contributed by atoms with van der Waals surface area (Å²) < 4.78 is 0. The number of rotatable bonds is 2. The van der Waals surface area contributed by atoms with Crippen molar-refractivity contribution in [3.05, 3.63) is 42.2 Å². The molecule has 0 bridgehead atoms. The fourth-order valence-corrected chi connectivity index (χ4v) is 2.19. The smallest absolute Gasteiger partial charge is 0.0712 e. The highest BCUT2D eigenvalue weighted by Crippen LogP contribution is 2.26. The Labute approximate surface area is 93.3 Å². The normalized spacial score (nSPS) is 11.3. The SMILES string of the molecule is NCCc1cnc2ccc3[nH]cccc3c12. The first-order chi connectivity index (χ1) is 7.90. The first-order valence-electron chi connectivity index (χ1n) is 5.44. The lowest BCUT2D eigenvalue weighted by Gasteiger charge is -2.02. The van der Waals surface area contributed by atoms with Gasteiger partial charge in [-0.1, -0.05) is 6.07 Å². The number of hydrogen-bond donors (Lipinski definition) is 2. The predicted octanol–water partition coefficient (Wildman–Crippen LogP) is 2.22. The average molecular weight is 211 g/mol. The molecule has 2 aromatic heterocycles. The van der Waals surface area contributed by atoms with Gasteiger partial charge in [0.2, 0.25) is 0 Å². The van der Waals surface area contributed by atoms with Gasteiger partial charge in [-0.2, -0.15) is 0 Å². The van der Waals surface area contributed by atoms with E-state index in [2.05, 4.69) is 22.1 Å². The van der Waals surface area contributed by atoms with Gasteiger partial charge in [0, 0.05) is 28.7 Å². The van der Waals surface area contributed by atoms with E-state index < -0.39 is 0 Å². The highest BCUT2D eigenvalue weighted by atomic mass is 14.7. The maximum Gasteiger partial charge on any atom is 0.0712 e. The largest absolute Gasteiger partial charge is 0.361 e. The molecule has 0 unspecified atom stereocenters. The van der Waals surface area contributed by atoms with Gasteiger partial charge in [-0.3, -0.25) is 4.98 Å². The molecule has 0 amide bonds. The van der Waals surface area contributed by atoms with Crippen molar-refractivity contribution in [3.8, 4) is 0 Å². The topological polar surface area (TPSA) is 54.7 Å². The van der Waals surface area contributed by atoms with Crippen molar-refractivity contribution in [1.82, 2.24) is 9.97 Å². The third-order valence-electron chi connectivity index (χ3n) is 2.92. The summed E-state index contributed by atoms with van der Waals surface area (Å²) in [7, 11) is 0. The van der Waals surface area contributed by atoms with E-state index in [0.717, 1.165) is 17.5 Å². The molecule has 0 atom stereocenters. The lowest BCUT2D eigenvalue weighted by Crippen LogP contribution is -2.01. The second kappa shape index (κ2) is 3.61. The summed E-state index contributed by atoms with van der Waals surface area (Å²) in [4.78, 5) is 7.66. The fraction of sp³-hybridized carbons (Fsp3) is 0.154. The zero-order valence-corrected chi connectivity index (χ0v) is 8.90. The van der Waals surface area contributed by atoms with E-state index in [0.29, 0.717) is 6.54 Å². The van der Waals surface area contributed by atoms with Gasteiger partial charge in [0.15, 0.2) is 0 Å². The molecule has 0 fully saturated rings. The van der Waals surface area contributed by atoms with E-state index >= 15 is 0 Å². The maximum atomic E-state index is 5.62. The van der Waals surface area contributed by atoms with Gasteiger partial charge in [0.25, 0.3) is 0 Å². The maximum absolute atomic E-state index is 5.62. The summed E-state index contributed by atoms with van der Waals surface area (Å²) >= 11 is 0. The number of H-pyrrole nitrogens is 1. The molecule has 0 saturated carbocycles. The molecule has 3 N–H and O–H groups in total. The van der Waals surface area contributed by atoms with E-state index in [-0.39, 0.29) is 0 Å². The number of fused-ring (bicyclic) bond motifs is 3. The van der Waals surface area contributed by atoms with Crippen molar-refractivity contribution in [3.63, 3.8) is 0 Å².